The number of carbonyl (C=O) groups excluding carboxylic acids is 1. The molecule has 2 aromatic carbocycles. The van der Waals surface area contributed by atoms with Gasteiger partial charge in [0.25, 0.3) is 0 Å². The summed E-state index contributed by atoms with van der Waals surface area (Å²) in [5.41, 5.74) is 0.362. The maximum Gasteiger partial charge on any atom is 0.303 e. The van der Waals surface area contributed by atoms with Crippen molar-refractivity contribution in [2.24, 2.45) is 0 Å². The molecule has 0 heterocycles. The average Bonchev–Trinajstić information content (AvgIpc) is 2.37. The summed E-state index contributed by atoms with van der Waals surface area (Å²) in [6.07, 6.45) is 0.795. The van der Waals surface area contributed by atoms with E-state index < -0.39 is 5.60 Å². The largest absolute Gasteiger partial charge is 0.498 e. The molecule has 0 aliphatic rings. The Bertz CT molecular complexity index is 635. The van der Waals surface area contributed by atoms with Crippen molar-refractivity contribution < 1.29 is 14.3 Å². The van der Waals surface area contributed by atoms with Gasteiger partial charge in [-0.3, -0.25) is 4.79 Å². The van der Waals surface area contributed by atoms with Gasteiger partial charge < -0.3 is 9.47 Å². The first-order valence-corrected chi connectivity index (χ1v) is 8.20. The van der Waals surface area contributed by atoms with Crippen LogP contribution in [-0.2, 0) is 15.1 Å². The van der Waals surface area contributed by atoms with Gasteiger partial charge in [0.15, 0.2) is 0 Å². The molecule has 0 N–H and O–H groups in total. The molecule has 2 rings (SSSR count). The first-order chi connectivity index (χ1) is 9.42. The van der Waals surface area contributed by atoms with Crippen LogP contribution in [0.15, 0.2) is 36.4 Å². The van der Waals surface area contributed by atoms with E-state index in [1.165, 1.54) is 6.92 Å². The third-order valence-electron chi connectivity index (χ3n) is 3.22. The Morgan fingerprint density at radius 2 is 1.80 bits per heavy atom. The molecule has 0 radical (unpaired) electrons. The summed E-state index contributed by atoms with van der Waals surface area (Å²) < 4.78 is 10.9. The summed E-state index contributed by atoms with van der Waals surface area (Å²) in [5, 5.41) is 2.24. The highest BCUT2D eigenvalue weighted by Gasteiger charge is 2.23. The van der Waals surface area contributed by atoms with Gasteiger partial charge in [-0.2, -0.15) is 0 Å². The predicted molar refractivity (Wildman–Crippen MR) is 84.2 cm³/mol. The van der Waals surface area contributed by atoms with E-state index in [2.05, 4.69) is 6.07 Å². The van der Waals surface area contributed by atoms with Crippen molar-refractivity contribution in [1.29, 1.82) is 0 Å². The van der Waals surface area contributed by atoms with Gasteiger partial charge in [0.2, 0.25) is 0 Å². The standard InChI is InChI=1S/C16H20O3Si/c1-11(17)19-16(2,3)14-6-4-13-9-15(18-10-20)7-5-12(13)8-14/h4-9H,10H2,1-3,20H3. The van der Waals surface area contributed by atoms with Gasteiger partial charge in [0.1, 0.15) is 11.4 Å². The number of rotatable bonds is 4. The number of benzene rings is 2. The molecule has 0 saturated heterocycles. The molecule has 0 unspecified atom stereocenters. The maximum absolute atomic E-state index is 11.2. The van der Waals surface area contributed by atoms with E-state index in [1.807, 2.05) is 44.2 Å². The second kappa shape index (κ2) is 5.67. The quantitative estimate of drug-likeness (QED) is 0.640. The summed E-state index contributed by atoms with van der Waals surface area (Å²) in [4.78, 5) is 11.2. The summed E-state index contributed by atoms with van der Waals surface area (Å²) in [6, 6.07) is 12.1. The molecular weight excluding hydrogens is 268 g/mol. The Labute approximate surface area is 122 Å². The number of hydrogen-bond donors (Lipinski definition) is 0. The monoisotopic (exact) mass is 288 g/mol. The fourth-order valence-electron chi connectivity index (χ4n) is 2.27. The van der Waals surface area contributed by atoms with Crippen LogP contribution in [0.3, 0.4) is 0 Å². The number of ether oxygens (including phenoxy) is 2. The SMILES string of the molecule is CC(=O)OC(C)(C)c1ccc2cc(OC[SiH3])ccc2c1. The van der Waals surface area contributed by atoms with E-state index in [4.69, 9.17) is 9.47 Å². The Hall–Kier alpha value is -1.81. The van der Waals surface area contributed by atoms with Crippen molar-refractivity contribution in [3.63, 3.8) is 0 Å². The minimum absolute atomic E-state index is 0.272. The van der Waals surface area contributed by atoms with E-state index in [1.54, 1.807) is 0 Å². The highest BCUT2D eigenvalue weighted by Crippen LogP contribution is 2.29. The van der Waals surface area contributed by atoms with E-state index in [0.717, 1.165) is 38.6 Å². The smallest absolute Gasteiger partial charge is 0.303 e. The third kappa shape index (κ3) is 3.19. The van der Waals surface area contributed by atoms with E-state index in [0.29, 0.717) is 0 Å². The predicted octanol–water partition coefficient (Wildman–Crippen LogP) is 2.34. The van der Waals surface area contributed by atoms with E-state index in [-0.39, 0.29) is 5.97 Å². The zero-order valence-corrected chi connectivity index (χ0v) is 14.4. The molecule has 0 spiro atoms. The molecule has 0 bridgehead atoms. The Morgan fingerprint density at radius 3 is 2.45 bits per heavy atom. The minimum Gasteiger partial charge on any atom is -0.498 e. The summed E-state index contributed by atoms with van der Waals surface area (Å²) in [7, 11) is 1.02. The maximum atomic E-state index is 11.2. The van der Waals surface area contributed by atoms with Gasteiger partial charge in [0.05, 0.1) is 16.5 Å². The minimum atomic E-state index is -0.621. The average molecular weight is 288 g/mol. The Kier molecular flexibility index (Phi) is 4.14. The van der Waals surface area contributed by atoms with Crippen molar-refractivity contribution in [3.05, 3.63) is 42.0 Å². The van der Waals surface area contributed by atoms with Crippen LogP contribution in [0.4, 0.5) is 0 Å². The van der Waals surface area contributed by atoms with Gasteiger partial charge in [0, 0.05) is 6.92 Å². The molecule has 0 amide bonds. The molecular formula is C16H20O3Si. The fraction of sp³-hybridized carbons (Fsp3) is 0.312. The Morgan fingerprint density at radius 1 is 1.15 bits per heavy atom. The molecule has 2 aromatic rings. The molecule has 20 heavy (non-hydrogen) atoms. The molecule has 0 aromatic heterocycles. The number of esters is 1. The molecule has 0 atom stereocenters. The van der Waals surface area contributed by atoms with Crippen LogP contribution < -0.4 is 4.74 Å². The van der Waals surface area contributed by atoms with E-state index >= 15 is 0 Å². The van der Waals surface area contributed by atoms with Crippen LogP contribution in [0.1, 0.15) is 26.3 Å². The second-order valence-corrected chi connectivity index (χ2v) is 5.84. The van der Waals surface area contributed by atoms with Gasteiger partial charge in [-0.05, 0) is 48.4 Å². The normalized spacial score (nSPS) is 11.6. The lowest BCUT2D eigenvalue weighted by molar-refractivity contribution is -0.154. The molecule has 0 saturated carbocycles. The highest BCUT2D eigenvalue weighted by atomic mass is 28.1. The Balaban J connectivity index is 2.39. The zero-order chi connectivity index (χ0) is 14.8. The lowest BCUT2D eigenvalue weighted by Gasteiger charge is -2.25. The lowest BCUT2D eigenvalue weighted by atomic mass is 9.95. The lowest BCUT2D eigenvalue weighted by Crippen LogP contribution is -2.24. The van der Waals surface area contributed by atoms with Crippen LogP contribution in [-0.4, -0.2) is 22.4 Å². The van der Waals surface area contributed by atoms with Crippen LogP contribution in [0.2, 0.25) is 0 Å². The van der Waals surface area contributed by atoms with Crippen molar-refractivity contribution in [2.45, 2.75) is 26.4 Å². The fourth-order valence-corrected chi connectivity index (χ4v) is 2.61. The van der Waals surface area contributed by atoms with Gasteiger partial charge in [-0.25, -0.2) is 0 Å². The third-order valence-corrected chi connectivity index (χ3v) is 3.51. The highest BCUT2D eigenvalue weighted by molar-refractivity contribution is 6.08. The number of fused-ring (bicyclic) bond motifs is 1. The summed E-state index contributed by atoms with van der Waals surface area (Å²) >= 11 is 0. The second-order valence-electron chi connectivity index (χ2n) is 5.26. The van der Waals surface area contributed by atoms with Gasteiger partial charge >= 0.3 is 5.97 Å². The summed E-state index contributed by atoms with van der Waals surface area (Å²) in [5.74, 6) is 0.630. The zero-order valence-electron chi connectivity index (χ0n) is 12.4. The van der Waals surface area contributed by atoms with Crippen LogP contribution in [0.25, 0.3) is 10.8 Å². The molecule has 0 fully saturated rings. The first-order valence-electron chi connectivity index (χ1n) is 6.79. The van der Waals surface area contributed by atoms with E-state index in [9.17, 15) is 4.79 Å². The molecule has 4 heteroatoms. The number of carbonyl (C=O) groups is 1. The first kappa shape index (κ1) is 14.6. The van der Waals surface area contributed by atoms with Crippen molar-refractivity contribution in [1.82, 2.24) is 0 Å². The molecule has 106 valence electrons. The van der Waals surface area contributed by atoms with Gasteiger partial charge in [-0.15, -0.1) is 0 Å². The number of hydrogen-bond acceptors (Lipinski definition) is 3. The van der Waals surface area contributed by atoms with Crippen LogP contribution in [0.5, 0.6) is 5.75 Å². The van der Waals surface area contributed by atoms with Crippen LogP contribution >= 0.6 is 0 Å². The van der Waals surface area contributed by atoms with Crippen molar-refractivity contribution >= 4 is 27.0 Å². The molecule has 3 nitrogen and oxygen atoms in total. The van der Waals surface area contributed by atoms with Gasteiger partial charge in [-0.1, -0.05) is 18.2 Å². The molecule has 0 aliphatic carbocycles. The van der Waals surface area contributed by atoms with Crippen molar-refractivity contribution in [3.8, 4) is 5.75 Å². The summed E-state index contributed by atoms with van der Waals surface area (Å²) in [6.45, 7) is 5.23. The van der Waals surface area contributed by atoms with Crippen molar-refractivity contribution in [2.75, 3.05) is 6.23 Å². The molecule has 0 aliphatic heterocycles. The topological polar surface area (TPSA) is 35.5 Å². The van der Waals surface area contributed by atoms with Crippen LogP contribution in [0, 0.1) is 0 Å².